The highest BCUT2D eigenvalue weighted by Gasteiger charge is 2.38. The number of rotatable bonds is 1. The van der Waals surface area contributed by atoms with Gasteiger partial charge in [-0.1, -0.05) is 37.3 Å². The molecule has 0 amide bonds. The minimum atomic E-state index is -0.0543. The Morgan fingerprint density at radius 1 is 1.31 bits per heavy atom. The SMILES string of the molecule is C[C@@H]1CCO[C@]1(C)c1ccccc1. The van der Waals surface area contributed by atoms with Gasteiger partial charge in [0.1, 0.15) is 0 Å². The van der Waals surface area contributed by atoms with Gasteiger partial charge in [0.2, 0.25) is 0 Å². The lowest BCUT2D eigenvalue weighted by Gasteiger charge is -2.28. The fourth-order valence-electron chi connectivity index (χ4n) is 2.00. The van der Waals surface area contributed by atoms with Crippen LogP contribution in [0.3, 0.4) is 0 Å². The second-order valence-electron chi connectivity index (χ2n) is 4.01. The molecule has 13 heavy (non-hydrogen) atoms. The van der Waals surface area contributed by atoms with Gasteiger partial charge in [-0.15, -0.1) is 0 Å². The topological polar surface area (TPSA) is 9.23 Å². The summed E-state index contributed by atoms with van der Waals surface area (Å²) in [6, 6.07) is 10.5. The van der Waals surface area contributed by atoms with Crippen molar-refractivity contribution in [1.29, 1.82) is 0 Å². The first kappa shape index (κ1) is 8.76. The normalized spacial score (nSPS) is 33.5. The summed E-state index contributed by atoms with van der Waals surface area (Å²) in [6.45, 7) is 5.35. The summed E-state index contributed by atoms with van der Waals surface area (Å²) in [5.74, 6) is 0.620. The molecule has 1 heterocycles. The van der Waals surface area contributed by atoms with Gasteiger partial charge in [-0.2, -0.15) is 0 Å². The van der Waals surface area contributed by atoms with E-state index >= 15 is 0 Å². The maximum absolute atomic E-state index is 5.84. The minimum absolute atomic E-state index is 0.0543. The van der Waals surface area contributed by atoms with E-state index < -0.39 is 0 Å². The van der Waals surface area contributed by atoms with Crippen LogP contribution in [-0.2, 0) is 10.3 Å². The summed E-state index contributed by atoms with van der Waals surface area (Å²) >= 11 is 0. The fraction of sp³-hybridized carbons (Fsp3) is 0.500. The molecule has 0 saturated carbocycles. The lowest BCUT2D eigenvalue weighted by Crippen LogP contribution is -2.26. The first-order chi connectivity index (χ1) is 6.23. The van der Waals surface area contributed by atoms with Gasteiger partial charge in [-0.3, -0.25) is 0 Å². The molecule has 0 aliphatic carbocycles. The molecule has 0 aromatic heterocycles. The summed E-state index contributed by atoms with van der Waals surface area (Å²) in [6.07, 6.45) is 1.17. The van der Waals surface area contributed by atoms with E-state index in [2.05, 4.69) is 38.1 Å². The van der Waals surface area contributed by atoms with Crippen LogP contribution >= 0.6 is 0 Å². The Morgan fingerprint density at radius 3 is 2.54 bits per heavy atom. The van der Waals surface area contributed by atoms with Crippen molar-refractivity contribution in [2.24, 2.45) is 5.92 Å². The highest BCUT2D eigenvalue weighted by atomic mass is 16.5. The maximum atomic E-state index is 5.84. The number of ether oxygens (including phenoxy) is 1. The van der Waals surface area contributed by atoms with Crippen LogP contribution in [0.25, 0.3) is 0 Å². The molecule has 70 valence electrons. The molecule has 0 spiro atoms. The first-order valence-corrected chi connectivity index (χ1v) is 4.93. The molecule has 1 aliphatic heterocycles. The molecule has 2 atom stereocenters. The highest BCUT2D eigenvalue weighted by Crippen LogP contribution is 2.40. The van der Waals surface area contributed by atoms with Crippen molar-refractivity contribution < 1.29 is 4.74 Å². The van der Waals surface area contributed by atoms with Crippen molar-refractivity contribution >= 4 is 0 Å². The van der Waals surface area contributed by atoms with Crippen LogP contribution in [0.2, 0.25) is 0 Å². The summed E-state index contributed by atoms with van der Waals surface area (Å²) in [7, 11) is 0. The van der Waals surface area contributed by atoms with E-state index in [0.717, 1.165) is 6.61 Å². The number of benzene rings is 1. The van der Waals surface area contributed by atoms with Gasteiger partial charge in [-0.25, -0.2) is 0 Å². The molecule has 1 aromatic carbocycles. The van der Waals surface area contributed by atoms with E-state index in [1.807, 2.05) is 6.07 Å². The molecule has 0 radical (unpaired) electrons. The molecular formula is C12H16O. The van der Waals surface area contributed by atoms with Crippen LogP contribution in [0.5, 0.6) is 0 Å². The van der Waals surface area contributed by atoms with Crippen LogP contribution in [0.15, 0.2) is 30.3 Å². The summed E-state index contributed by atoms with van der Waals surface area (Å²) in [4.78, 5) is 0. The number of hydrogen-bond acceptors (Lipinski definition) is 1. The Hall–Kier alpha value is -0.820. The van der Waals surface area contributed by atoms with Crippen molar-refractivity contribution in [1.82, 2.24) is 0 Å². The lowest BCUT2D eigenvalue weighted by molar-refractivity contribution is -0.00580. The van der Waals surface area contributed by atoms with E-state index in [-0.39, 0.29) is 5.60 Å². The Kier molecular flexibility index (Phi) is 2.12. The summed E-state index contributed by atoms with van der Waals surface area (Å²) in [5, 5.41) is 0. The summed E-state index contributed by atoms with van der Waals surface area (Å²) in [5.41, 5.74) is 1.25. The zero-order chi connectivity index (χ0) is 9.31. The Balaban J connectivity index is 2.34. The van der Waals surface area contributed by atoms with Crippen LogP contribution in [0.1, 0.15) is 25.8 Å². The van der Waals surface area contributed by atoms with E-state index in [4.69, 9.17) is 4.74 Å². The maximum Gasteiger partial charge on any atom is 0.0929 e. The third-order valence-electron chi connectivity index (χ3n) is 3.24. The van der Waals surface area contributed by atoms with Gasteiger partial charge in [0.05, 0.1) is 5.60 Å². The standard InChI is InChI=1S/C12H16O/c1-10-8-9-13-12(10,2)11-6-4-3-5-7-11/h3-7,10H,8-9H2,1-2H3/t10-,12+/m1/s1. The molecule has 1 saturated heterocycles. The van der Waals surface area contributed by atoms with Gasteiger partial charge in [-0.05, 0) is 24.8 Å². The molecule has 0 bridgehead atoms. The third kappa shape index (κ3) is 1.37. The van der Waals surface area contributed by atoms with Crippen molar-refractivity contribution in [2.75, 3.05) is 6.61 Å². The Morgan fingerprint density at radius 2 is 2.00 bits per heavy atom. The van der Waals surface area contributed by atoms with Crippen LogP contribution in [-0.4, -0.2) is 6.61 Å². The van der Waals surface area contributed by atoms with Gasteiger partial charge in [0.25, 0.3) is 0 Å². The van der Waals surface area contributed by atoms with Crippen LogP contribution in [0.4, 0.5) is 0 Å². The molecule has 0 unspecified atom stereocenters. The average Bonchev–Trinajstić information content (AvgIpc) is 2.50. The van der Waals surface area contributed by atoms with Crippen LogP contribution < -0.4 is 0 Å². The van der Waals surface area contributed by atoms with Gasteiger partial charge < -0.3 is 4.74 Å². The Bertz CT molecular complexity index is 280. The zero-order valence-corrected chi connectivity index (χ0v) is 8.29. The second kappa shape index (κ2) is 3.15. The predicted octanol–water partition coefficient (Wildman–Crippen LogP) is 2.96. The Labute approximate surface area is 79.7 Å². The molecule has 1 heteroatoms. The molecule has 1 aromatic rings. The minimum Gasteiger partial charge on any atom is -0.370 e. The highest BCUT2D eigenvalue weighted by molar-refractivity contribution is 5.23. The largest absolute Gasteiger partial charge is 0.370 e. The van der Waals surface area contributed by atoms with Crippen molar-refractivity contribution in [3.63, 3.8) is 0 Å². The smallest absolute Gasteiger partial charge is 0.0929 e. The van der Waals surface area contributed by atoms with Crippen molar-refractivity contribution in [2.45, 2.75) is 25.9 Å². The molecule has 1 fully saturated rings. The lowest BCUT2D eigenvalue weighted by atomic mass is 9.84. The molecule has 1 aliphatic rings. The molecular weight excluding hydrogens is 160 g/mol. The molecule has 0 N–H and O–H groups in total. The van der Waals surface area contributed by atoms with Crippen molar-refractivity contribution in [3.05, 3.63) is 35.9 Å². The number of hydrogen-bond donors (Lipinski definition) is 0. The van der Waals surface area contributed by atoms with E-state index in [1.54, 1.807) is 0 Å². The molecule has 1 nitrogen and oxygen atoms in total. The monoisotopic (exact) mass is 176 g/mol. The second-order valence-corrected chi connectivity index (χ2v) is 4.01. The van der Waals surface area contributed by atoms with Gasteiger partial charge >= 0.3 is 0 Å². The van der Waals surface area contributed by atoms with E-state index in [0.29, 0.717) is 5.92 Å². The van der Waals surface area contributed by atoms with Crippen LogP contribution in [0, 0.1) is 5.92 Å². The zero-order valence-electron chi connectivity index (χ0n) is 8.29. The third-order valence-corrected chi connectivity index (χ3v) is 3.24. The fourth-order valence-corrected chi connectivity index (χ4v) is 2.00. The van der Waals surface area contributed by atoms with E-state index in [9.17, 15) is 0 Å². The average molecular weight is 176 g/mol. The van der Waals surface area contributed by atoms with E-state index in [1.165, 1.54) is 12.0 Å². The first-order valence-electron chi connectivity index (χ1n) is 4.93. The molecule has 2 rings (SSSR count). The quantitative estimate of drug-likeness (QED) is 0.639. The van der Waals surface area contributed by atoms with Gasteiger partial charge in [0, 0.05) is 6.61 Å². The van der Waals surface area contributed by atoms with Crippen molar-refractivity contribution in [3.8, 4) is 0 Å². The predicted molar refractivity (Wildman–Crippen MR) is 53.5 cm³/mol. The summed E-state index contributed by atoms with van der Waals surface area (Å²) < 4.78 is 5.84. The van der Waals surface area contributed by atoms with Gasteiger partial charge in [0.15, 0.2) is 0 Å².